The minimum absolute atomic E-state index is 0.103. The molecule has 0 fully saturated rings. The van der Waals surface area contributed by atoms with Crippen LogP contribution in [-0.2, 0) is 19.1 Å². The third kappa shape index (κ3) is 10.4. The van der Waals surface area contributed by atoms with Crippen LogP contribution in [-0.4, -0.2) is 35.7 Å². The molecule has 2 atom stereocenters. The largest absolute Gasteiger partial charge is 0.459 e. The third-order valence-electron chi connectivity index (χ3n) is 2.31. The number of carbonyl (C=O) groups excluding carboxylic acids is 2. The Balaban J connectivity index is 3.54. The fourth-order valence-electron chi connectivity index (χ4n) is 1.21. The molecule has 0 aliphatic rings. The lowest BCUT2D eigenvalue weighted by molar-refractivity contribution is -0.143. The molecule has 0 saturated carbocycles. The molecule has 0 aliphatic carbocycles. The minimum atomic E-state index is -0.387. The van der Waals surface area contributed by atoms with Crippen molar-refractivity contribution in [2.24, 2.45) is 0 Å². The van der Waals surface area contributed by atoms with Crippen LogP contribution in [0.4, 0.5) is 0 Å². The van der Waals surface area contributed by atoms with Gasteiger partial charge in [0.2, 0.25) is 0 Å². The van der Waals surface area contributed by atoms with Crippen molar-refractivity contribution in [3.8, 4) is 0 Å². The lowest BCUT2D eigenvalue weighted by atomic mass is 10.3. The predicted molar refractivity (Wildman–Crippen MR) is 78.1 cm³/mol. The van der Waals surface area contributed by atoms with Gasteiger partial charge in [0.1, 0.15) is 12.2 Å². The molecule has 0 bridgehead atoms. The van der Waals surface area contributed by atoms with Gasteiger partial charge in [0.05, 0.1) is 0 Å². The number of hydrogen-bond acceptors (Lipinski definition) is 5. The number of carbonyl (C=O) groups is 2. The molecule has 0 aromatic carbocycles. The first-order valence-corrected chi connectivity index (χ1v) is 7.38. The Kier molecular flexibility index (Phi) is 9.98. The van der Waals surface area contributed by atoms with Crippen LogP contribution in [0.25, 0.3) is 0 Å². The van der Waals surface area contributed by atoms with Crippen LogP contribution < -0.4 is 0 Å². The Morgan fingerprint density at radius 1 is 1.00 bits per heavy atom. The Morgan fingerprint density at radius 2 is 1.37 bits per heavy atom. The van der Waals surface area contributed by atoms with Gasteiger partial charge in [-0.15, -0.1) is 0 Å². The molecule has 0 aromatic heterocycles. The standard InChI is InChI=1S/C14H22O4S/c1-5-13(15)17-11(3)7-9-19-10-8-12(4)18-14(16)6-2/h5-6,11-12H,1-2,7-10H2,3-4H3. The molecule has 19 heavy (non-hydrogen) atoms. The molecular formula is C14H22O4S. The van der Waals surface area contributed by atoms with Crippen molar-refractivity contribution in [1.82, 2.24) is 0 Å². The highest BCUT2D eigenvalue weighted by atomic mass is 32.2. The van der Waals surface area contributed by atoms with E-state index in [-0.39, 0.29) is 24.1 Å². The summed E-state index contributed by atoms with van der Waals surface area (Å²) in [7, 11) is 0. The van der Waals surface area contributed by atoms with Crippen molar-refractivity contribution in [1.29, 1.82) is 0 Å². The molecule has 108 valence electrons. The number of ether oxygens (including phenoxy) is 2. The fourth-order valence-corrected chi connectivity index (χ4v) is 2.41. The summed E-state index contributed by atoms with van der Waals surface area (Å²) in [6.45, 7) is 10.4. The Hall–Kier alpha value is -1.23. The van der Waals surface area contributed by atoms with Crippen molar-refractivity contribution in [3.63, 3.8) is 0 Å². The van der Waals surface area contributed by atoms with Gasteiger partial charge in [-0.1, -0.05) is 13.2 Å². The summed E-state index contributed by atoms with van der Waals surface area (Å²) in [5.41, 5.74) is 0. The van der Waals surface area contributed by atoms with Crippen molar-refractivity contribution in [3.05, 3.63) is 25.3 Å². The first kappa shape index (κ1) is 17.8. The lowest BCUT2D eigenvalue weighted by Crippen LogP contribution is -2.15. The second-order valence-corrected chi connectivity index (χ2v) is 5.32. The van der Waals surface area contributed by atoms with Crippen molar-refractivity contribution < 1.29 is 19.1 Å². The second-order valence-electron chi connectivity index (χ2n) is 4.09. The highest BCUT2D eigenvalue weighted by molar-refractivity contribution is 7.99. The molecule has 0 N–H and O–H groups in total. The van der Waals surface area contributed by atoms with E-state index in [1.165, 1.54) is 12.2 Å². The molecule has 0 aliphatic heterocycles. The molecule has 0 radical (unpaired) electrons. The Morgan fingerprint density at radius 3 is 1.68 bits per heavy atom. The van der Waals surface area contributed by atoms with Crippen molar-refractivity contribution in [2.45, 2.75) is 38.9 Å². The smallest absolute Gasteiger partial charge is 0.330 e. The van der Waals surface area contributed by atoms with Gasteiger partial charge in [0.15, 0.2) is 0 Å². The zero-order chi connectivity index (χ0) is 14.7. The second kappa shape index (κ2) is 10.7. The number of esters is 2. The van der Waals surface area contributed by atoms with Gasteiger partial charge in [-0.3, -0.25) is 0 Å². The third-order valence-corrected chi connectivity index (χ3v) is 3.35. The van der Waals surface area contributed by atoms with E-state index in [1.54, 1.807) is 11.8 Å². The molecule has 0 rings (SSSR count). The summed E-state index contributed by atoms with van der Waals surface area (Å²) < 4.78 is 10.1. The minimum Gasteiger partial charge on any atom is -0.459 e. The monoisotopic (exact) mass is 286 g/mol. The summed E-state index contributed by atoms with van der Waals surface area (Å²) in [6, 6.07) is 0. The van der Waals surface area contributed by atoms with E-state index in [9.17, 15) is 9.59 Å². The lowest BCUT2D eigenvalue weighted by Gasteiger charge is -2.13. The maximum atomic E-state index is 10.9. The molecule has 2 unspecified atom stereocenters. The van der Waals surface area contributed by atoms with Gasteiger partial charge in [0, 0.05) is 12.2 Å². The SMILES string of the molecule is C=CC(=O)OC(C)CCSCCC(C)OC(=O)C=C. The summed E-state index contributed by atoms with van der Waals surface area (Å²) in [6.07, 6.45) is 3.72. The van der Waals surface area contributed by atoms with Crippen molar-refractivity contribution >= 4 is 23.7 Å². The summed E-state index contributed by atoms with van der Waals surface area (Å²) in [4.78, 5) is 21.9. The average molecular weight is 286 g/mol. The molecule has 4 nitrogen and oxygen atoms in total. The van der Waals surface area contributed by atoms with Crippen LogP contribution in [0.1, 0.15) is 26.7 Å². The van der Waals surface area contributed by atoms with Crippen LogP contribution >= 0.6 is 11.8 Å². The van der Waals surface area contributed by atoms with E-state index >= 15 is 0 Å². The van der Waals surface area contributed by atoms with Gasteiger partial charge in [-0.2, -0.15) is 11.8 Å². The molecular weight excluding hydrogens is 264 g/mol. The van der Waals surface area contributed by atoms with Crippen LogP contribution in [0.3, 0.4) is 0 Å². The Bertz CT molecular complexity index is 285. The first-order valence-electron chi connectivity index (χ1n) is 6.23. The van der Waals surface area contributed by atoms with Gasteiger partial charge in [0.25, 0.3) is 0 Å². The van der Waals surface area contributed by atoms with Crippen LogP contribution in [0.5, 0.6) is 0 Å². The highest BCUT2D eigenvalue weighted by Crippen LogP contribution is 2.11. The number of hydrogen-bond donors (Lipinski definition) is 0. The molecule has 0 saturated heterocycles. The number of thioether (sulfide) groups is 1. The summed E-state index contributed by atoms with van der Waals surface area (Å²) in [5.74, 6) is 1.02. The van der Waals surface area contributed by atoms with E-state index in [0.717, 1.165) is 24.3 Å². The normalized spacial score (nSPS) is 13.2. The van der Waals surface area contributed by atoms with Gasteiger partial charge < -0.3 is 9.47 Å². The quantitative estimate of drug-likeness (QED) is 0.351. The maximum Gasteiger partial charge on any atom is 0.330 e. The van der Waals surface area contributed by atoms with E-state index in [1.807, 2.05) is 13.8 Å². The predicted octanol–water partition coefficient (Wildman–Crippen LogP) is 2.74. The molecule has 0 heterocycles. The van der Waals surface area contributed by atoms with E-state index < -0.39 is 0 Å². The molecule has 0 amide bonds. The zero-order valence-corrected chi connectivity index (χ0v) is 12.4. The average Bonchev–Trinajstić information content (AvgIpc) is 2.37. The summed E-state index contributed by atoms with van der Waals surface area (Å²) >= 11 is 1.75. The zero-order valence-electron chi connectivity index (χ0n) is 11.6. The van der Waals surface area contributed by atoms with Gasteiger partial charge in [-0.25, -0.2) is 9.59 Å². The van der Waals surface area contributed by atoms with Gasteiger partial charge >= 0.3 is 11.9 Å². The van der Waals surface area contributed by atoms with E-state index in [4.69, 9.17) is 9.47 Å². The van der Waals surface area contributed by atoms with E-state index in [0.29, 0.717) is 0 Å². The van der Waals surface area contributed by atoms with Crippen molar-refractivity contribution in [2.75, 3.05) is 11.5 Å². The fraction of sp³-hybridized carbons (Fsp3) is 0.571. The highest BCUT2D eigenvalue weighted by Gasteiger charge is 2.08. The topological polar surface area (TPSA) is 52.6 Å². The maximum absolute atomic E-state index is 10.9. The number of rotatable bonds is 10. The van der Waals surface area contributed by atoms with Crippen LogP contribution in [0.2, 0.25) is 0 Å². The van der Waals surface area contributed by atoms with Crippen LogP contribution in [0.15, 0.2) is 25.3 Å². The molecule has 0 spiro atoms. The van der Waals surface area contributed by atoms with E-state index in [2.05, 4.69) is 13.2 Å². The molecule has 5 heteroatoms. The Labute approximate surface area is 119 Å². The summed E-state index contributed by atoms with van der Waals surface area (Å²) in [5, 5.41) is 0. The van der Waals surface area contributed by atoms with Gasteiger partial charge in [-0.05, 0) is 38.2 Å². The first-order chi connectivity index (χ1) is 8.99. The van der Waals surface area contributed by atoms with Crippen LogP contribution in [0, 0.1) is 0 Å². The molecule has 0 aromatic rings.